The molecule has 0 aromatic rings. The van der Waals surface area contributed by atoms with Crippen molar-refractivity contribution in [2.75, 3.05) is 18.1 Å². The van der Waals surface area contributed by atoms with Gasteiger partial charge in [0.15, 0.2) is 5.78 Å². The van der Waals surface area contributed by atoms with Crippen LogP contribution in [0.5, 0.6) is 0 Å². The van der Waals surface area contributed by atoms with Gasteiger partial charge < -0.3 is 4.74 Å². The Hall–Kier alpha value is -0.420. The van der Waals surface area contributed by atoms with Crippen LogP contribution in [0.25, 0.3) is 0 Å². The first-order valence-electron chi connectivity index (χ1n) is 4.90. The van der Waals surface area contributed by atoms with Crippen LogP contribution in [0.1, 0.15) is 20.3 Å². The third kappa shape index (κ3) is 3.28. The van der Waals surface area contributed by atoms with E-state index >= 15 is 0 Å². The highest BCUT2D eigenvalue weighted by molar-refractivity contribution is 8.25. The van der Waals surface area contributed by atoms with Gasteiger partial charge in [0.2, 0.25) is 0 Å². The number of carbonyl (C=O) groups is 2. The lowest BCUT2D eigenvalue weighted by atomic mass is 10.1. The maximum absolute atomic E-state index is 11.6. The Morgan fingerprint density at radius 3 is 2.33 bits per heavy atom. The van der Waals surface area contributed by atoms with Crippen molar-refractivity contribution in [3.63, 3.8) is 0 Å². The number of ether oxygens (including phenoxy) is 1. The highest BCUT2D eigenvalue weighted by Crippen LogP contribution is 2.39. The zero-order chi connectivity index (χ0) is 11.3. The molecule has 5 heteroatoms. The summed E-state index contributed by atoms with van der Waals surface area (Å²) in [5, 5.41) is 0. The lowest BCUT2D eigenvalue weighted by Gasteiger charge is -2.07. The number of rotatable bonds is 4. The van der Waals surface area contributed by atoms with Gasteiger partial charge in [0.1, 0.15) is 5.57 Å². The number of Topliss-reactive ketones (excluding diaryl/α,β-unsaturated/α-hetero) is 1. The van der Waals surface area contributed by atoms with E-state index in [1.165, 1.54) is 0 Å². The molecule has 1 aliphatic rings. The number of hydrogen-bond acceptors (Lipinski definition) is 5. The molecule has 0 saturated carbocycles. The summed E-state index contributed by atoms with van der Waals surface area (Å²) in [4.78, 5) is 23.2. The molecule has 1 saturated heterocycles. The van der Waals surface area contributed by atoms with Crippen molar-refractivity contribution >= 4 is 35.3 Å². The van der Waals surface area contributed by atoms with Gasteiger partial charge in [0, 0.05) is 17.9 Å². The van der Waals surface area contributed by atoms with Crippen LogP contribution >= 0.6 is 23.5 Å². The molecule has 1 fully saturated rings. The Morgan fingerprint density at radius 1 is 1.27 bits per heavy atom. The molecule has 0 unspecified atom stereocenters. The van der Waals surface area contributed by atoms with E-state index < -0.39 is 5.97 Å². The van der Waals surface area contributed by atoms with Gasteiger partial charge in [-0.3, -0.25) is 4.79 Å². The molecular weight excluding hydrogens is 232 g/mol. The Labute approximate surface area is 98.0 Å². The standard InChI is InChI=1S/C10H14O3S2/c1-3-7(11)8(9(12)13-4-2)10-14-5-6-15-10/h3-6H2,1-2H3. The Balaban J connectivity index is 2.91. The van der Waals surface area contributed by atoms with E-state index in [9.17, 15) is 9.59 Å². The van der Waals surface area contributed by atoms with Gasteiger partial charge >= 0.3 is 5.97 Å². The van der Waals surface area contributed by atoms with Crippen LogP contribution in [-0.4, -0.2) is 29.9 Å². The molecule has 0 N–H and O–H groups in total. The van der Waals surface area contributed by atoms with Gasteiger partial charge in [-0.25, -0.2) is 4.79 Å². The van der Waals surface area contributed by atoms with Crippen LogP contribution in [0.3, 0.4) is 0 Å². The first-order chi connectivity index (χ1) is 7.20. The van der Waals surface area contributed by atoms with Gasteiger partial charge in [-0.1, -0.05) is 6.92 Å². The Kier molecular flexibility index (Phi) is 5.25. The van der Waals surface area contributed by atoms with Gasteiger partial charge in [-0.2, -0.15) is 0 Å². The average molecular weight is 246 g/mol. The number of ketones is 1. The highest BCUT2D eigenvalue weighted by atomic mass is 32.2. The maximum atomic E-state index is 11.6. The molecule has 0 amide bonds. The predicted octanol–water partition coefficient (Wildman–Crippen LogP) is 2.22. The van der Waals surface area contributed by atoms with Crippen LogP contribution in [0.4, 0.5) is 0 Å². The minimum Gasteiger partial charge on any atom is -0.462 e. The number of thioether (sulfide) groups is 2. The van der Waals surface area contributed by atoms with Crippen molar-refractivity contribution in [2.24, 2.45) is 0 Å². The summed E-state index contributed by atoms with van der Waals surface area (Å²) in [5.41, 5.74) is 0.256. The van der Waals surface area contributed by atoms with Crippen molar-refractivity contribution < 1.29 is 14.3 Å². The molecule has 0 spiro atoms. The second kappa shape index (κ2) is 6.23. The van der Waals surface area contributed by atoms with Crippen molar-refractivity contribution in [1.82, 2.24) is 0 Å². The summed E-state index contributed by atoms with van der Waals surface area (Å²) in [5.74, 6) is 1.33. The maximum Gasteiger partial charge on any atom is 0.343 e. The smallest absolute Gasteiger partial charge is 0.343 e. The molecule has 0 bridgehead atoms. The molecule has 0 radical (unpaired) electrons. The predicted molar refractivity (Wildman–Crippen MR) is 63.9 cm³/mol. The summed E-state index contributed by atoms with van der Waals surface area (Å²) < 4.78 is 5.73. The Morgan fingerprint density at radius 2 is 1.87 bits per heavy atom. The molecule has 1 rings (SSSR count). The van der Waals surface area contributed by atoms with Crippen LogP contribution < -0.4 is 0 Å². The fraction of sp³-hybridized carbons (Fsp3) is 0.600. The molecule has 1 heterocycles. The van der Waals surface area contributed by atoms with E-state index in [0.29, 0.717) is 13.0 Å². The van der Waals surface area contributed by atoms with Crippen LogP contribution in [-0.2, 0) is 14.3 Å². The number of hydrogen-bond donors (Lipinski definition) is 0. The summed E-state index contributed by atoms with van der Waals surface area (Å²) >= 11 is 3.14. The zero-order valence-corrected chi connectivity index (χ0v) is 10.5. The van der Waals surface area contributed by atoms with Crippen LogP contribution in [0, 0.1) is 0 Å². The third-order valence-corrected chi connectivity index (χ3v) is 4.55. The molecule has 0 aromatic heterocycles. The number of esters is 1. The fourth-order valence-corrected chi connectivity index (χ4v) is 3.70. The second-order valence-corrected chi connectivity index (χ2v) is 5.33. The largest absolute Gasteiger partial charge is 0.462 e. The van der Waals surface area contributed by atoms with Gasteiger partial charge in [0.25, 0.3) is 0 Å². The molecule has 0 aliphatic carbocycles. The van der Waals surface area contributed by atoms with E-state index in [2.05, 4.69) is 0 Å². The van der Waals surface area contributed by atoms with Crippen molar-refractivity contribution in [3.05, 3.63) is 9.81 Å². The van der Waals surface area contributed by atoms with E-state index in [-0.39, 0.29) is 11.4 Å². The van der Waals surface area contributed by atoms with E-state index in [1.807, 2.05) is 0 Å². The quantitative estimate of drug-likeness (QED) is 0.329. The second-order valence-electron chi connectivity index (χ2n) is 2.86. The first kappa shape index (κ1) is 12.6. The van der Waals surface area contributed by atoms with Crippen LogP contribution in [0.2, 0.25) is 0 Å². The fourth-order valence-electron chi connectivity index (χ4n) is 1.15. The summed E-state index contributed by atoms with van der Waals surface area (Å²) in [6, 6.07) is 0. The summed E-state index contributed by atoms with van der Waals surface area (Å²) in [7, 11) is 0. The zero-order valence-electron chi connectivity index (χ0n) is 8.87. The highest BCUT2D eigenvalue weighted by Gasteiger charge is 2.25. The third-order valence-electron chi connectivity index (χ3n) is 1.83. The monoisotopic (exact) mass is 246 g/mol. The van der Waals surface area contributed by atoms with E-state index in [4.69, 9.17) is 4.74 Å². The van der Waals surface area contributed by atoms with Crippen molar-refractivity contribution in [1.29, 1.82) is 0 Å². The average Bonchev–Trinajstić information content (AvgIpc) is 2.71. The van der Waals surface area contributed by atoms with Crippen LogP contribution in [0.15, 0.2) is 9.81 Å². The molecule has 84 valence electrons. The lowest BCUT2D eigenvalue weighted by molar-refractivity contribution is -0.140. The van der Waals surface area contributed by atoms with E-state index in [0.717, 1.165) is 15.7 Å². The summed E-state index contributed by atoms with van der Waals surface area (Å²) in [6.45, 7) is 3.81. The van der Waals surface area contributed by atoms with Crippen molar-refractivity contribution in [3.8, 4) is 0 Å². The van der Waals surface area contributed by atoms with E-state index in [1.54, 1.807) is 37.4 Å². The topological polar surface area (TPSA) is 43.4 Å². The Bertz CT molecular complexity index is 289. The van der Waals surface area contributed by atoms with Gasteiger partial charge in [0.05, 0.1) is 10.8 Å². The SMILES string of the molecule is CCOC(=O)C(C(=O)CC)=C1SCCS1. The minimum atomic E-state index is -0.471. The minimum absolute atomic E-state index is 0.120. The molecular formula is C10H14O3S2. The number of carbonyl (C=O) groups excluding carboxylic acids is 2. The molecule has 1 aliphatic heterocycles. The summed E-state index contributed by atoms with van der Waals surface area (Å²) in [6.07, 6.45) is 0.346. The van der Waals surface area contributed by atoms with Gasteiger partial charge in [-0.05, 0) is 6.92 Å². The molecule has 0 atom stereocenters. The molecule has 0 aromatic carbocycles. The molecule has 3 nitrogen and oxygen atoms in total. The van der Waals surface area contributed by atoms with Gasteiger partial charge in [-0.15, -0.1) is 23.5 Å². The first-order valence-corrected chi connectivity index (χ1v) is 6.88. The van der Waals surface area contributed by atoms with Crippen molar-refractivity contribution in [2.45, 2.75) is 20.3 Å². The lowest BCUT2D eigenvalue weighted by Crippen LogP contribution is -2.16. The normalized spacial score (nSPS) is 15.2. The molecule has 15 heavy (non-hydrogen) atoms.